The van der Waals surface area contributed by atoms with Crippen molar-refractivity contribution < 1.29 is 4.74 Å². The van der Waals surface area contributed by atoms with Crippen LogP contribution in [0.5, 0.6) is 0 Å². The largest absolute Gasteiger partial charge is 0.383 e. The van der Waals surface area contributed by atoms with Crippen LogP contribution in [-0.2, 0) is 11.3 Å². The summed E-state index contributed by atoms with van der Waals surface area (Å²) in [5, 5.41) is 1.08. The van der Waals surface area contributed by atoms with E-state index < -0.39 is 0 Å². The monoisotopic (exact) mass is 378 g/mol. The number of methoxy groups -OCH3 is 1. The van der Waals surface area contributed by atoms with Crippen LogP contribution < -0.4 is 5.56 Å². The molecule has 26 heavy (non-hydrogen) atoms. The van der Waals surface area contributed by atoms with Crippen LogP contribution in [-0.4, -0.2) is 65.7 Å². The van der Waals surface area contributed by atoms with E-state index in [1.807, 2.05) is 0 Å². The molecule has 0 aliphatic carbocycles. The lowest BCUT2D eigenvalue weighted by Gasteiger charge is -2.41. The van der Waals surface area contributed by atoms with E-state index in [1.165, 1.54) is 6.42 Å². The summed E-state index contributed by atoms with van der Waals surface area (Å²) >= 11 is 5.98. The average molecular weight is 379 g/mol. The van der Waals surface area contributed by atoms with Gasteiger partial charge in [-0.25, -0.2) is 4.98 Å². The Labute approximate surface area is 159 Å². The predicted molar refractivity (Wildman–Crippen MR) is 105 cm³/mol. The molecule has 7 heteroatoms. The number of benzene rings is 1. The number of piperazine rings is 1. The number of nitrogens with zero attached hydrogens (tertiary/aromatic N) is 3. The van der Waals surface area contributed by atoms with E-state index in [0.29, 0.717) is 34.3 Å². The molecule has 1 fully saturated rings. The highest BCUT2D eigenvalue weighted by atomic mass is 35.5. The van der Waals surface area contributed by atoms with Crippen LogP contribution in [0.3, 0.4) is 0 Å². The van der Waals surface area contributed by atoms with Gasteiger partial charge in [0.25, 0.3) is 5.56 Å². The molecule has 1 saturated heterocycles. The summed E-state index contributed by atoms with van der Waals surface area (Å²) in [6.45, 7) is 7.59. The van der Waals surface area contributed by atoms with Crippen molar-refractivity contribution in [1.29, 1.82) is 0 Å². The Morgan fingerprint density at radius 3 is 3.00 bits per heavy atom. The van der Waals surface area contributed by atoms with E-state index >= 15 is 0 Å². The summed E-state index contributed by atoms with van der Waals surface area (Å²) in [4.78, 5) is 24.8. The maximum Gasteiger partial charge on any atom is 0.258 e. The zero-order chi connectivity index (χ0) is 18.5. The summed E-state index contributed by atoms with van der Waals surface area (Å²) in [7, 11) is 1.75. The van der Waals surface area contributed by atoms with Gasteiger partial charge < -0.3 is 9.72 Å². The van der Waals surface area contributed by atoms with Gasteiger partial charge in [-0.3, -0.25) is 14.6 Å². The molecule has 1 N–H and O–H groups in total. The smallest absolute Gasteiger partial charge is 0.258 e. The van der Waals surface area contributed by atoms with Crippen LogP contribution in [0.2, 0.25) is 5.02 Å². The molecule has 0 saturated carbocycles. The topological polar surface area (TPSA) is 61.5 Å². The third kappa shape index (κ3) is 4.62. The van der Waals surface area contributed by atoms with Crippen molar-refractivity contribution in [1.82, 2.24) is 19.8 Å². The number of nitrogens with one attached hydrogen (secondary N) is 1. The predicted octanol–water partition coefficient (Wildman–Crippen LogP) is 2.51. The quantitative estimate of drug-likeness (QED) is 0.802. The molecule has 2 aromatic rings. The highest BCUT2D eigenvalue weighted by Gasteiger charge is 2.26. The minimum atomic E-state index is -0.128. The first-order valence-corrected chi connectivity index (χ1v) is 9.62. The first-order chi connectivity index (χ1) is 12.6. The zero-order valence-corrected chi connectivity index (χ0v) is 16.3. The van der Waals surface area contributed by atoms with Crippen molar-refractivity contribution in [2.45, 2.75) is 32.4 Å². The molecule has 0 radical (unpaired) electrons. The second kappa shape index (κ2) is 8.95. The summed E-state index contributed by atoms with van der Waals surface area (Å²) < 4.78 is 5.24. The molecular weight excluding hydrogens is 352 g/mol. The van der Waals surface area contributed by atoms with Crippen LogP contribution in [0, 0.1) is 0 Å². The molecule has 6 nitrogen and oxygen atoms in total. The molecule has 1 aromatic heterocycles. The number of hydrogen-bond acceptors (Lipinski definition) is 5. The van der Waals surface area contributed by atoms with Gasteiger partial charge in [0, 0.05) is 44.4 Å². The van der Waals surface area contributed by atoms with Gasteiger partial charge in [-0.15, -0.1) is 0 Å². The van der Waals surface area contributed by atoms with Crippen LogP contribution in [0.25, 0.3) is 10.9 Å². The highest BCUT2D eigenvalue weighted by Crippen LogP contribution is 2.17. The summed E-state index contributed by atoms with van der Waals surface area (Å²) in [6.07, 6.45) is 2.33. The number of hydrogen-bond donors (Lipinski definition) is 1. The molecule has 1 unspecified atom stereocenters. The average Bonchev–Trinajstić information content (AvgIpc) is 2.62. The molecule has 1 aliphatic heterocycles. The lowest BCUT2D eigenvalue weighted by atomic mass is 10.1. The maximum absolute atomic E-state index is 12.3. The normalized spacial score (nSPS) is 19.3. The van der Waals surface area contributed by atoms with Gasteiger partial charge in [-0.1, -0.05) is 24.9 Å². The van der Waals surface area contributed by atoms with Gasteiger partial charge in [0.1, 0.15) is 5.82 Å². The Morgan fingerprint density at radius 1 is 1.38 bits per heavy atom. The van der Waals surface area contributed by atoms with Crippen LogP contribution in [0.15, 0.2) is 23.0 Å². The number of H-pyrrole nitrogens is 1. The number of aromatic amines is 1. The van der Waals surface area contributed by atoms with Crippen molar-refractivity contribution >= 4 is 22.5 Å². The van der Waals surface area contributed by atoms with Gasteiger partial charge >= 0.3 is 0 Å². The first-order valence-electron chi connectivity index (χ1n) is 9.24. The van der Waals surface area contributed by atoms with Gasteiger partial charge in [0.05, 0.1) is 24.1 Å². The number of halogens is 1. The lowest BCUT2D eigenvalue weighted by molar-refractivity contribution is 0.0432. The van der Waals surface area contributed by atoms with Crippen LogP contribution in [0.1, 0.15) is 25.6 Å². The first kappa shape index (κ1) is 19.3. The van der Waals surface area contributed by atoms with E-state index in [1.54, 1.807) is 25.3 Å². The molecule has 142 valence electrons. The Hall–Kier alpha value is -1.47. The lowest BCUT2D eigenvalue weighted by Crippen LogP contribution is -2.53. The summed E-state index contributed by atoms with van der Waals surface area (Å²) in [5.74, 6) is 0.713. The molecular formula is C19H27ClN4O2. The van der Waals surface area contributed by atoms with Crippen molar-refractivity contribution in [3.63, 3.8) is 0 Å². The van der Waals surface area contributed by atoms with Crippen molar-refractivity contribution in [3.05, 3.63) is 39.4 Å². The maximum atomic E-state index is 12.3. The Bertz CT molecular complexity index is 795. The number of aromatic nitrogens is 2. The fourth-order valence-corrected chi connectivity index (χ4v) is 3.83. The molecule has 0 bridgehead atoms. The number of fused-ring (bicyclic) bond motifs is 1. The van der Waals surface area contributed by atoms with E-state index in [-0.39, 0.29) is 5.56 Å². The fraction of sp³-hybridized carbons (Fsp3) is 0.579. The summed E-state index contributed by atoms with van der Waals surface area (Å²) in [5.41, 5.74) is 0.563. The zero-order valence-electron chi connectivity index (χ0n) is 15.5. The van der Waals surface area contributed by atoms with E-state index in [0.717, 1.165) is 39.2 Å². The van der Waals surface area contributed by atoms with Crippen molar-refractivity contribution in [2.24, 2.45) is 0 Å². The van der Waals surface area contributed by atoms with Crippen LogP contribution >= 0.6 is 11.6 Å². The van der Waals surface area contributed by atoms with Gasteiger partial charge in [0.15, 0.2) is 0 Å². The molecule has 1 atom stereocenters. The Balaban J connectivity index is 1.71. The minimum Gasteiger partial charge on any atom is -0.383 e. The highest BCUT2D eigenvalue weighted by molar-refractivity contribution is 6.31. The molecule has 1 aliphatic rings. The third-order valence-corrected chi connectivity index (χ3v) is 5.22. The minimum absolute atomic E-state index is 0.128. The molecule has 3 rings (SSSR count). The standard InChI is InChI=1S/C19H27ClN4O2/c1-3-4-15-12-23(7-8-24(15)9-10-26-2)13-18-21-17-6-5-14(20)11-16(17)19(25)22-18/h5-6,11,15H,3-4,7-10,12-13H2,1-2H3,(H,21,22,25). The van der Waals surface area contributed by atoms with Crippen LogP contribution in [0.4, 0.5) is 0 Å². The Morgan fingerprint density at radius 2 is 2.23 bits per heavy atom. The summed E-state index contributed by atoms with van der Waals surface area (Å²) in [6, 6.07) is 5.76. The van der Waals surface area contributed by atoms with E-state index in [9.17, 15) is 4.79 Å². The molecule has 0 amide bonds. The third-order valence-electron chi connectivity index (χ3n) is 4.98. The molecule has 2 heterocycles. The SMILES string of the molecule is CCCC1CN(Cc2nc3ccc(Cl)cc3c(=O)[nH]2)CCN1CCOC. The number of ether oxygens (including phenoxy) is 1. The van der Waals surface area contributed by atoms with E-state index in [2.05, 4.69) is 26.7 Å². The van der Waals surface area contributed by atoms with Crippen molar-refractivity contribution in [2.75, 3.05) is 39.9 Å². The Kier molecular flexibility index (Phi) is 6.64. The fourth-order valence-electron chi connectivity index (χ4n) is 3.66. The van der Waals surface area contributed by atoms with Crippen molar-refractivity contribution in [3.8, 4) is 0 Å². The van der Waals surface area contributed by atoms with Gasteiger partial charge in [-0.05, 0) is 24.6 Å². The van der Waals surface area contributed by atoms with E-state index in [4.69, 9.17) is 16.3 Å². The van der Waals surface area contributed by atoms with Gasteiger partial charge in [0.2, 0.25) is 0 Å². The molecule has 1 aromatic carbocycles. The van der Waals surface area contributed by atoms with Gasteiger partial charge in [-0.2, -0.15) is 0 Å². The second-order valence-corrected chi connectivity index (χ2v) is 7.32. The number of rotatable bonds is 7. The molecule has 0 spiro atoms. The second-order valence-electron chi connectivity index (χ2n) is 6.88.